The molecule has 0 bridgehead atoms. The molecule has 2 aliphatic rings. The van der Waals surface area contributed by atoms with E-state index < -0.39 is 4.87 Å². The molecule has 1 spiro atoms. The van der Waals surface area contributed by atoms with Gasteiger partial charge in [-0.3, -0.25) is 4.79 Å². The molecule has 2 rings (SSSR count). The summed E-state index contributed by atoms with van der Waals surface area (Å²) in [7, 11) is 0. The van der Waals surface area contributed by atoms with Crippen LogP contribution < -0.4 is 0 Å². The number of Topliss-reactive ketones (excluding diaryl/α,β-unsaturated/α-hetero) is 1. The van der Waals surface area contributed by atoms with Crippen molar-refractivity contribution in [2.45, 2.75) is 37.5 Å². The van der Waals surface area contributed by atoms with Crippen LogP contribution in [0.15, 0.2) is 0 Å². The molecule has 0 saturated heterocycles. The predicted molar refractivity (Wildman–Crippen MR) is 40.2 cm³/mol. The van der Waals surface area contributed by atoms with E-state index in [-0.39, 0.29) is 11.2 Å². The van der Waals surface area contributed by atoms with Crippen molar-refractivity contribution >= 4 is 17.4 Å². The number of hydrogen-bond acceptors (Lipinski definition) is 1. The van der Waals surface area contributed by atoms with Gasteiger partial charge in [-0.05, 0) is 19.8 Å². The molecule has 0 aromatic rings. The second-order valence-corrected chi connectivity index (χ2v) is 4.49. The number of halogens is 1. The standard InChI is InChI=1S/C8H11ClO/c1-7(9)6(10)5-8(7)3-2-4-8/h2-5H2,1H3. The third-order valence-corrected chi connectivity index (χ3v) is 3.94. The molecule has 2 saturated carbocycles. The van der Waals surface area contributed by atoms with Crippen LogP contribution in [0.5, 0.6) is 0 Å². The van der Waals surface area contributed by atoms with E-state index in [1.165, 1.54) is 19.3 Å². The highest BCUT2D eigenvalue weighted by Gasteiger charge is 2.64. The predicted octanol–water partition coefficient (Wildman–Crippen LogP) is 2.13. The monoisotopic (exact) mass is 158 g/mol. The van der Waals surface area contributed by atoms with Crippen molar-refractivity contribution in [3.8, 4) is 0 Å². The summed E-state index contributed by atoms with van der Waals surface area (Å²) in [6.07, 6.45) is 4.33. The van der Waals surface area contributed by atoms with Gasteiger partial charge in [-0.2, -0.15) is 0 Å². The maximum Gasteiger partial charge on any atom is 0.154 e. The van der Waals surface area contributed by atoms with Crippen LogP contribution in [-0.4, -0.2) is 10.7 Å². The SMILES string of the molecule is CC1(Cl)C(=O)CC12CCC2. The number of hydrogen-bond donors (Lipinski definition) is 0. The lowest BCUT2D eigenvalue weighted by Gasteiger charge is -2.58. The molecule has 0 radical (unpaired) electrons. The third kappa shape index (κ3) is 0.493. The van der Waals surface area contributed by atoms with Crippen LogP contribution in [0.4, 0.5) is 0 Å². The van der Waals surface area contributed by atoms with E-state index in [2.05, 4.69) is 0 Å². The van der Waals surface area contributed by atoms with Gasteiger partial charge in [0.05, 0.1) is 0 Å². The largest absolute Gasteiger partial charge is 0.298 e. The van der Waals surface area contributed by atoms with Gasteiger partial charge < -0.3 is 0 Å². The van der Waals surface area contributed by atoms with Crippen molar-refractivity contribution in [1.29, 1.82) is 0 Å². The molecule has 1 atom stereocenters. The van der Waals surface area contributed by atoms with E-state index >= 15 is 0 Å². The van der Waals surface area contributed by atoms with Crippen molar-refractivity contribution in [1.82, 2.24) is 0 Å². The molecule has 56 valence electrons. The maximum absolute atomic E-state index is 11.0. The van der Waals surface area contributed by atoms with E-state index in [1.807, 2.05) is 6.92 Å². The minimum atomic E-state index is -0.495. The molecule has 0 amide bonds. The van der Waals surface area contributed by atoms with Crippen molar-refractivity contribution in [2.75, 3.05) is 0 Å². The van der Waals surface area contributed by atoms with Gasteiger partial charge in [0.15, 0.2) is 5.78 Å². The molecule has 1 unspecified atom stereocenters. The molecular weight excluding hydrogens is 148 g/mol. The summed E-state index contributed by atoms with van der Waals surface area (Å²) in [6.45, 7) is 1.87. The smallest absolute Gasteiger partial charge is 0.154 e. The summed E-state index contributed by atoms with van der Waals surface area (Å²) in [6, 6.07) is 0. The minimum absolute atomic E-state index is 0.228. The highest BCUT2D eigenvalue weighted by atomic mass is 35.5. The van der Waals surface area contributed by atoms with Gasteiger partial charge in [0.25, 0.3) is 0 Å². The first kappa shape index (κ1) is 6.66. The van der Waals surface area contributed by atoms with Gasteiger partial charge in [-0.1, -0.05) is 6.42 Å². The Kier molecular flexibility index (Phi) is 1.05. The zero-order chi connectivity index (χ0) is 7.41. The summed E-state index contributed by atoms with van der Waals surface area (Å²) in [5.74, 6) is 0.244. The Balaban J connectivity index is 2.22. The molecule has 10 heavy (non-hydrogen) atoms. The third-order valence-electron chi connectivity index (χ3n) is 3.33. The molecule has 0 aromatic carbocycles. The Labute approximate surface area is 65.7 Å². The molecule has 0 N–H and O–H groups in total. The summed E-state index contributed by atoms with van der Waals surface area (Å²) in [4.78, 5) is 10.5. The van der Waals surface area contributed by atoms with Gasteiger partial charge in [-0.25, -0.2) is 0 Å². The van der Waals surface area contributed by atoms with Gasteiger partial charge in [0, 0.05) is 11.8 Å². The lowest BCUT2D eigenvalue weighted by Crippen LogP contribution is -2.62. The topological polar surface area (TPSA) is 17.1 Å². The van der Waals surface area contributed by atoms with Crippen molar-refractivity contribution < 1.29 is 4.79 Å². The Hall–Kier alpha value is -0.0400. The van der Waals surface area contributed by atoms with Crippen LogP contribution in [-0.2, 0) is 4.79 Å². The zero-order valence-electron chi connectivity index (χ0n) is 6.11. The van der Waals surface area contributed by atoms with Crippen molar-refractivity contribution in [3.63, 3.8) is 0 Å². The normalized spacial score (nSPS) is 42.8. The molecule has 2 fully saturated rings. The average Bonchev–Trinajstić information content (AvgIpc) is 1.77. The van der Waals surface area contributed by atoms with E-state index in [0.717, 1.165) is 6.42 Å². The van der Waals surface area contributed by atoms with Gasteiger partial charge >= 0.3 is 0 Å². The fourth-order valence-corrected chi connectivity index (χ4v) is 2.40. The summed E-state index contributed by atoms with van der Waals surface area (Å²) in [5.41, 5.74) is 0.228. The quantitative estimate of drug-likeness (QED) is 0.494. The first-order valence-electron chi connectivity index (χ1n) is 3.81. The molecule has 0 aromatic heterocycles. The summed E-state index contributed by atoms with van der Waals surface area (Å²) < 4.78 is 0. The van der Waals surface area contributed by atoms with Crippen molar-refractivity contribution in [2.24, 2.45) is 5.41 Å². The summed E-state index contributed by atoms with van der Waals surface area (Å²) >= 11 is 6.06. The lowest BCUT2D eigenvalue weighted by molar-refractivity contribution is -0.145. The highest BCUT2D eigenvalue weighted by molar-refractivity contribution is 6.38. The lowest BCUT2D eigenvalue weighted by atomic mass is 9.49. The molecule has 0 aliphatic heterocycles. The summed E-state index contributed by atoms with van der Waals surface area (Å²) in [5, 5.41) is 0. The Bertz CT molecular complexity index is 191. The Morgan fingerprint density at radius 1 is 1.50 bits per heavy atom. The minimum Gasteiger partial charge on any atom is -0.298 e. The number of alkyl halides is 1. The highest BCUT2D eigenvalue weighted by Crippen LogP contribution is 2.62. The van der Waals surface area contributed by atoms with Crippen LogP contribution in [0, 0.1) is 5.41 Å². The molecule has 0 heterocycles. The van der Waals surface area contributed by atoms with Crippen LogP contribution >= 0.6 is 11.6 Å². The number of carbonyl (C=O) groups excluding carboxylic acids is 1. The van der Waals surface area contributed by atoms with Gasteiger partial charge in [-0.15, -0.1) is 11.6 Å². The maximum atomic E-state index is 11.0. The van der Waals surface area contributed by atoms with E-state index in [1.54, 1.807) is 0 Å². The van der Waals surface area contributed by atoms with E-state index in [4.69, 9.17) is 11.6 Å². The molecule has 2 aliphatic carbocycles. The molecule has 2 heteroatoms. The van der Waals surface area contributed by atoms with Crippen LogP contribution in [0.2, 0.25) is 0 Å². The first-order chi connectivity index (χ1) is 4.58. The Morgan fingerprint density at radius 2 is 2.10 bits per heavy atom. The second-order valence-electron chi connectivity index (χ2n) is 3.74. The van der Waals surface area contributed by atoms with Gasteiger partial charge in [0.2, 0.25) is 0 Å². The first-order valence-corrected chi connectivity index (χ1v) is 4.19. The van der Waals surface area contributed by atoms with Crippen LogP contribution in [0.25, 0.3) is 0 Å². The number of ketones is 1. The zero-order valence-corrected chi connectivity index (χ0v) is 6.87. The number of carbonyl (C=O) groups is 1. The molecular formula is C8H11ClO. The van der Waals surface area contributed by atoms with E-state index in [0.29, 0.717) is 0 Å². The average molecular weight is 159 g/mol. The van der Waals surface area contributed by atoms with E-state index in [9.17, 15) is 4.79 Å². The second kappa shape index (κ2) is 1.58. The van der Waals surface area contributed by atoms with Crippen molar-refractivity contribution in [3.05, 3.63) is 0 Å². The van der Waals surface area contributed by atoms with Crippen LogP contribution in [0.1, 0.15) is 32.6 Å². The number of rotatable bonds is 0. The molecule has 1 nitrogen and oxygen atoms in total. The van der Waals surface area contributed by atoms with Crippen LogP contribution in [0.3, 0.4) is 0 Å². The Morgan fingerprint density at radius 3 is 2.20 bits per heavy atom. The fraction of sp³-hybridized carbons (Fsp3) is 0.875. The fourth-order valence-electron chi connectivity index (χ4n) is 2.08. The van der Waals surface area contributed by atoms with Gasteiger partial charge in [0.1, 0.15) is 4.87 Å².